The molecule has 4 aromatic rings. The number of para-hydroxylation sites is 1. The number of hydrogen-bond donors (Lipinski definition) is 3. The summed E-state index contributed by atoms with van der Waals surface area (Å²) in [6, 6.07) is 33.4. The molecule has 0 saturated heterocycles. The van der Waals surface area contributed by atoms with Crippen molar-refractivity contribution in [2.45, 2.75) is 0 Å². The van der Waals surface area contributed by atoms with Gasteiger partial charge >= 0.3 is 0 Å². The van der Waals surface area contributed by atoms with Crippen LogP contribution in [0.4, 0.5) is 11.4 Å². The molecule has 3 N–H and O–H groups in total. The Bertz CT molecular complexity index is 1270. The standard InChI is InChI=1S/C27H21N3O2S/c31-25(21-16-14-20(15-17-21)19-8-3-1-4-9-19)30-27(33)29-24-13-7-10-22(18-24)26(32)28-23-11-5-2-6-12-23/h1-18H,(H,28,32)(H2,29,30,31,33). The van der Waals surface area contributed by atoms with Crippen LogP contribution in [0.2, 0.25) is 0 Å². The van der Waals surface area contributed by atoms with Gasteiger partial charge in [0.05, 0.1) is 0 Å². The van der Waals surface area contributed by atoms with Gasteiger partial charge in [0, 0.05) is 22.5 Å². The van der Waals surface area contributed by atoms with Crippen LogP contribution >= 0.6 is 12.2 Å². The van der Waals surface area contributed by atoms with E-state index in [-0.39, 0.29) is 16.9 Å². The number of amides is 2. The second-order valence-electron chi connectivity index (χ2n) is 7.25. The molecule has 0 fully saturated rings. The molecule has 0 unspecified atom stereocenters. The first kappa shape index (κ1) is 21.9. The van der Waals surface area contributed by atoms with Crippen molar-refractivity contribution in [2.24, 2.45) is 0 Å². The van der Waals surface area contributed by atoms with Crippen LogP contribution in [0, 0.1) is 0 Å². The van der Waals surface area contributed by atoms with Crippen molar-refractivity contribution in [3.05, 3.63) is 120 Å². The first-order valence-corrected chi connectivity index (χ1v) is 10.7. The first-order valence-electron chi connectivity index (χ1n) is 10.3. The summed E-state index contributed by atoms with van der Waals surface area (Å²) in [5, 5.41) is 8.62. The molecule has 0 aliphatic heterocycles. The fraction of sp³-hybridized carbons (Fsp3) is 0. The Labute approximate surface area is 197 Å². The summed E-state index contributed by atoms with van der Waals surface area (Å²) in [6.07, 6.45) is 0. The highest BCUT2D eigenvalue weighted by atomic mass is 32.1. The largest absolute Gasteiger partial charge is 0.332 e. The molecule has 5 nitrogen and oxygen atoms in total. The topological polar surface area (TPSA) is 70.2 Å². The van der Waals surface area contributed by atoms with E-state index in [0.717, 1.165) is 11.1 Å². The van der Waals surface area contributed by atoms with E-state index in [4.69, 9.17) is 12.2 Å². The Kier molecular flexibility index (Phi) is 6.87. The van der Waals surface area contributed by atoms with Gasteiger partial charge in [0.15, 0.2) is 5.11 Å². The van der Waals surface area contributed by atoms with E-state index in [2.05, 4.69) is 16.0 Å². The van der Waals surface area contributed by atoms with Gasteiger partial charge in [-0.25, -0.2) is 0 Å². The first-order chi connectivity index (χ1) is 16.1. The van der Waals surface area contributed by atoms with Crippen molar-refractivity contribution >= 4 is 40.5 Å². The summed E-state index contributed by atoms with van der Waals surface area (Å²) in [4.78, 5) is 25.1. The maximum absolute atomic E-state index is 12.6. The Balaban J connectivity index is 1.36. The quantitative estimate of drug-likeness (QED) is 0.339. The van der Waals surface area contributed by atoms with E-state index in [1.54, 1.807) is 36.4 Å². The molecule has 33 heavy (non-hydrogen) atoms. The average molecular weight is 452 g/mol. The molecule has 0 heterocycles. The zero-order valence-corrected chi connectivity index (χ0v) is 18.4. The molecule has 162 valence electrons. The van der Waals surface area contributed by atoms with Gasteiger partial charge in [-0.3, -0.25) is 14.9 Å². The minimum absolute atomic E-state index is 0.146. The van der Waals surface area contributed by atoms with Crippen molar-refractivity contribution in [2.75, 3.05) is 10.6 Å². The minimum Gasteiger partial charge on any atom is -0.332 e. The number of benzene rings is 4. The van der Waals surface area contributed by atoms with Crippen LogP contribution in [0.5, 0.6) is 0 Å². The van der Waals surface area contributed by atoms with Crippen molar-refractivity contribution in [3.8, 4) is 11.1 Å². The number of carbonyl (C=O) groups is 2. The Morgan fingerprint density at radius 3 is 1.85 bits per heavy atom. The van der Waals surface area contributed by atoms with Crippen LogP contribution < -0.4 is 16.0 Å². The van der Waals surface area contributed by atoms with Crippen LogP contribution in [0.25, 0.3) is 11.1 Å². The summed E-state index contributed by atoms with van der Waals surface area (Å²) >= 11 is 5.28. The van der Waals surface area contributed by atoms with Crippen LogP contribution in [-0.4, -0.2) is 16.9 Å². The third-order valence-corrected chi connectivity index (χ3v) is 5.10. The molecule has 0 spiro atoms. The van der Waals surface area contributed by atoms with Gasteiger partial charge in [-0.05, 0) is 65.8 Å². The van der Waals surface area contributed by atoms with Gasteiger partial charge in [-0.1, -0.05) is 66.7 Å². The molecule has 0 aromatic heterocycles. The number of hydrogen-bond acceptors (Lipinski definition) is 3. The zero-order chi connectivity index (χ0) is 23.0. The van der Waals surface area contributed by atoms with Gasteiger partial charge in [0.2, 0.25) is 0 Å². The Morgan fingerprint density at radius 1 is 0.545 bits per heavy atom. The molecule has 0 bridgehead atoms. The summed E-state index contributed by atoms with van der Waals surface area (Å²) in [5.74, 6) is -0.552. The second-order valence-corrected chi connectivity index (χ2v) is 7.66. The molecular formula is C27H21N3O2S. The van der Waals surface area contributed by atoms with Crippen LogP contribution in [-0.2, 0) is 0 Å². The normalized spacial score (nSPS) is 10.2. The maximum Gasteiger partial charge on any atom is 0.257 e. The van der Waals surface area contributed by atoms with E-state index in [1.807, 2.05) is 72.8 Å². The van der Waals surface area contributed by atoms with E-state index in [9.17, 15) is 9.59 Å². The fourth-order valence-electron chi connectivity index (χ4n) is 3.25. The van der Waals surface area contributed by atoms with Gasteiger partial charge < -0.3 is 10.6 Å². The average Bonchev–Trinajstić information content (AvgIpc) is 2.85. The van der Waals surface area contributed by atoms with Crippen LogP contribution in [0.1, 0.15) is 20.7 Å². The van der Waals surface area contributed by atoms with Crippen LogP contribution in [0.15, 0.2) is 109 Å². The monoisotopic (exact) mass is 451 g/mol. The summed E-state index contributed by atoms with van der Waals surface area (Å²) in [6.45, 7) is 0. The van der Waals surface area contributed by atoms with E-state index < -0.39 is 0 Å². The maximum atomic E-state index is 12.6. The molecule has 4 aromatic carbocycles. The van der Waals surface area contributed by atoms with E-state index in [1.165, 1.54) is 0 Å². The molecule has 0 saturated carbocycles. The van der Waals surface area contributed by atoms with Crippen molar-refractivity contribution < 1.29 is 9.59 Å². The minimum atomic E-state index is -0.315. The molecule has 0 aliphatic rings. The number of rotatable bonds is 5. The summed E-state index contributed by atoms with van der Waals surface area (Å²) < 4.78 is 0. The molecule has 2 amide bonds. The smallest absolute Gasteiger partial charge is 0.257 e. The predicted octanol–water partition coefficient (Wildman–Crippen LogP) is 5.73. The molecule has 0 radical (unpaired) electrons. The van der Waals surface area contributed by atoms with Crippen molar-refractivity contribution in [1.82, 2.24) is 5.32 Å². The van der Waals surface area contributed by atoms with E-state index >= 15 is 0 Å². The highest BCUT2D eigenvalue weighted by molar-refractivity contribution is 7.80. The van der Waals surface area contributed by atoms with Crippen molar-refractivity contribution in [3.63, 3.8) is 0 Å². The molecular weight excluding hydrogens is 430 g/mol. The predicted molar refractivity (Wildman–Crippen MR) is 136 cm³/mol. The number of carbonyl (C=O) groups excluding carboxylic acids is 2. The third-order valence-electron chi connectivity index (χ3n) is 4.90. The number of nitrogens with one attached hydrogen (secondary N) is 3. The summed E-state index contributed by atoms with van der Waals surface area (Å²) in [5.41, 5.74) is 4.38. The van der Waals surface area contributed by atoms with Gasteiger partial charge in [0.1, 0.15) is 0 Å². The Hall–Kier alpha value is -4.29. The van der Waals surface area contributed by atoms with E-state index in [0.29, 0.717) is 22.5 Å². The number of thiocarbonyl (C=S) groups is 1. The number of anilines is 2. The lowest BCUT2D eigenvalue weighted by molar-refractivity contribution is 0.0976. The van der Waals surface area contributed by atoms with Gasteiger partial charge in [-0.15, -0.1) is 0 Å². The summed E-state index contributed by atoms with van der Waals surface area (Å²) in [7, 11) is 0. The zero-order valence-electron chi connectivity index (χ0n) is 17.6. The van der Waals surface area contributed by atoms with Gasteiger partial charge in [0.25, 0.3) is 11.8 Å². The molecule has 0 atom stereocenters. The highest BCUT2D eigenvalue weighted by Gasteiger charge is 2.10. The lowest BCUT2D eigenvalue weighted by Crippen LogP contribution is -2.34. The SMILES string of the molecule is O=C(NC(=S)Nc1cccc(C(=O)Nc2ccccc2)c1)c1ccc(-c2ccccc2)cc1. The highest BCUT2D eigenvalue weighted by Crippen LogP contribution is 2.19. The van der Waals surface area contributed by atoms with Crippen LogP contribution in [0.3, 0.4) is 0 Å². The lowest BCUT2D eigenvalue weighted by Gasteiger charge is -2.11. The second kappa shape index (κ2) is 10.3. The Morgan fingerprint density at radius 2 is 1.15 bits per heavy atom. The fourth-order valence-corrected chi connectivity index (χ4v) is 3.46. The molecule has 0 aliphatic carbocycles. The molecule has 6 heteroatoms. The third kappa shape index (κ3) is 5.90. The molecule has 4 rings (SSSR count). The lowest BCUT2D eigenvalue weighted by atomic mass is 10.0. The van der Waals surface area contributed by atoms with Gasteiger partial charge in [-0.2, -0.15) is 0 Å². The van der Waals surface area contributed by atoms with Crippen molar-refractivity contribution in [1.29, 1.82) is 0 Å².